The quantitative estimate of drug-likeness (QED) is 0.587. The van der Waals surface area contributed by atoms with Gasteiger partial charge >= 0.3 is 0 Å². The van der Waals surface area contributed by atoms with Crippen molar-refractivity contribution in [3.63, 3.8) is 0 Å². The highest BCUT2D eigenvalue weighted by Crippen LogP contribution is 1.99. The lowest BCUT2D eigenvalue weighted by atomic mass is 10.1. The van der Waals surface area contributed by atoms with E-state index < -0.39 is 0 Å². The van der Waals surface area contributed by atoms with Crippen molar-refractivity contribution in [3.8, 4) is 0 Å². The van der Waals surface area contributed by atoms with Gasteiger partial charge in [-0.2, -0.15) is 0 Å². The van der Waals surface area contributed by atoms with Crippen LogP contribution in [0.1, 0.15) is 33.1 Å². The van der Waals surface area contributed by atoms with Crippen LogP contribution in [0.15, 0.2) is 0 Å². The molecule has 0 spiro atoms. The molecule has 0 saturated carbocycles. The number of rotatable bonds is 6. The van der Waals surface area contributed by atoms with Gasteiger partial charge in [0.1, 0.15) is 0 Å². The van der Waals surface area contributed by atoms with Gasteiger partial charge in [0, 0.05) is 12.6 Å². The maximum absolute atomic E-state index is 8.65. The van der Waals surface area contributed by atoms with Gasteiger partial charge in [0.2, 0.25) is 0 Å². The van der Waals surface area contributed by atoms with E-state index in [-0.39, 0.29) is 0 Å². The van der Waals surface area contributed by atoms with Crippen molar-refractivity contribution in [3.05, 3.63) is 0 Å². The molecule has 62 valence electrons. The summed E-state index contributed by atoms with van der Waals surface area (Å²) in [5.74, 6) is 0. The predicted molar refractivity (Wildman–Crippen MR) is 44.1 cm³/mol. The molecule has 0 radical (unpaired) electrons. The third-order valence-corrected chi connectivity index (χ3v) is 1.61. The number of hydrogen-bond donors (Lipinski definition) is 2. The van der Waals surface area contributed by atoms with E-state index in [4.69, 9.17) is 5.11 Å². The van der Waals surface area contributed by atoms with Crippen molar-refractivity contribution in [1.29, 1.82) is 0 Å². The van der Waals surface area contributed by atoms with E-state index in [1.54, 1.807) is 0 Å². The molecule has 0 saturated heterocycles. The molecule has 1 atom stereocenters. The first kappa shape index (κ1) is 9.92. The standard InChI is InChI=1S/C8H19NO/c1-3-5-8(6-7-10)9-4-2/h8-10H,3-7H2,1-2H3. The van der Waals surface area contributed by atoms with E-state index in [1.165, 1.54) is 12.8 Å². The van der Waals surface area contributed by atoms with Crippen LogP contribution >= 0.6 is 0 Å². The minimum Gasteiger partial charge on any atom is -0.396 e. The first-order valence-electron chi connectivity index (χ1n) is 4.19. The molecule has 0 aromatic heterocycles. The first-order valence-corrected chi connectivity index (χ1v) is 4.19. The summed E-state index contributed by atoms with van der Waals surface area (Å²) in [7, 11) is 0. The average molecular weight is 145 g/mol. The van der Waals surface area contributed by atoms with Crippen molar-refractivity contribution < 1.29 is 5.11 Å². The Labute approximate surface area is 63.6 Å². The van der Waals surface area contributed by atoms with E-state index in [2.05, 4.69) is 19.2 Å². The molecular formula is C8H19NO. The summed E-state index contributed by atoms with van der Waals surface area (Å²) < 4.78 is 0. The molecule has 0 rings (SSSR count). The lowest BCUT2D eigenvalue weighted by molar-refractivity contribution is 0.261. The molecule has 2 nitrogen and oxygen atoms in total. The van der Waals surface area contributed by atoms with E-state index in [0.717, 1.165) is 13.0 Å². The fourth-order valence-corrected chi connectivity index (χ4v) is 1.14. The Morgan fingerprint density at radius 2 is 2.00 bits per heavy atom. The van der Waals surface area contributed by atoms with E-state index in [9.17, 15) is 0 Å². The molecule has 0 aromatic rings. The minimum atomic E-state index is 0.303. The summed E-state index contributed by atoms with van der Waals surface area (Å²) in [4.78, 5) is 0. The van der Waals surface area contributed by atoms with Gasteiger partial charge in [0.05, 0.1) is 0 Å². The third kappa shape index (κ3) is 4.77. The molecule has 1 unspecified atom stereocenters. The first-order chi connectivity index (χ1) is 4.85. The normalized spacial score (nSPS) is 13.5. The fourth-order valence-electron chi connectivity index (χ4n) is 1.14. The van der Waals surface area contributed by atoms with E-state index in [0.29, 0.717) is 12.6 Å². The van der Waals surface area contributed by atoms with Crippen molar-refractivity contribution in [2.75, 3.05) is 13.2 Å². The van der Waals surface area contributed by atoms with Gasteiger partial charge in [-0.05, 0) is 19.4 Å². The van der Waals surface area contributed by atoms with Crippen LogP contribution in [0.3, 0.4) is 0 Å². The highest BCUT2D eigenvalue weighted by atomic mass is 16.3. The summed E-state index contributed by atoms with van der Waals surface area (Å²) >= 11 is 0. The molecule has 0 heterocycles. The van der Waals surface area contributed by atoms with E-state index in [1.807, 2.05) is 0 Å². The summed E-state index contributed by atoms with van der Waals surface area (Å²) in [6.07, 6.45) is 3.26. The molecule has 0 aliphatic carbocycles. The smallest absolute Gasteiger partial charge is 0.0445 e. The highest BCUT2D eigenvalue weighted by Gasteiger charge is 2.02. The van der Waals surface area contributed by atoms with Gasteiger partial charge in [-0.1, -0.05) is 20.3 Å². The summed E-state index contributed by atoms with van der Waals surface area (Å²) in [6, 6.07) is 0.528. The second-order valence-corrected chi connectivity index (χ2v) is 2.56. The molecule has 2 N–H and O–H groups in total. The van der Waals surface area contributed by atoms with Crippen LogP contribution in [0.5, 0.6) is 0 Å². The van der Waals surface area contributed by atoms with Crippen LogP contribution in [0, 0.1) is 0 Å². The zero-order valence-electron chi connectivity index (χ0n) is 7.06. The predicted octanol–water partition coefficient (Wildman–Crippen LogP) is 1.15. The molecule has 0 amide bonds. The second kappa shape index (κ2) is 7.03. The monoisotopic (exact) mass is 145 g/mol. The molecule has 0 fully saturated rings. The van der Waals surface area contributed by atoms with Crippen LogP contribution in [0.2, 0.25) is 0 Å². The van der Waals surface area contributed by atoms with Gasteiger partial charge in [0.25, 0.3) is 0 Å². The van der Waals surface area contributed by atoms with Crippen LogP contribution in [0.25, 0.3) is 0 Å². The zero-order valence-corrected chi connectivity index (χ0v) is 7.06. The summed E-state index contributed by atoms with van der Waals surface area (Å²) in [5.41, 5.74) is 0. The van der Waals surface area contributed by atoms with Crippen molar-refractivity contribution in [2.24, 2.45) is 0 Å². The summed E-state index contributed by atoms with van der Waals surface area (Å²) in [5, 5.41) is 12.0. The second-order valence-electron chi connectivity index (χ2n) is 2.56. The highest BCUT2D eigenvalue weighted by molar-refractivity contribution is 4.63. The Morgan fingerprint density at radius 3 is 2.40 bits per heavy atom. The minimum absolute atomic E-state index is 0.303. The Balaban J connectivity index is 3.30. The Kier molecular flexibility index (Phi) is 6.98. The van der Waals surface area contributed by atoms with Crippen LogP contribution in [-0.2, 0) is 0 Å². The number of nitrogens with one attached hydrogen (secondary N) is 1. The van der Waals surface area contributed by atoms with Crippen LogP contribution in [0.4, 0.5) is 0 Å². The van der Waals surface area contributed by atoms with Gasteiger partial charge in [-0.3, -0.25) is 0 Å². The molecule has 0 aromatic carbocycles. The Morgan fingerprint density at radius 1 is 1.30 bits per heavy atom. The molecule has 0 bridgehead atoms. The Bertz CT molecular complexity index is 52.0. The Hall–Kier alpha value is -0.0800. The molecule has 0 aliphatic rings. The van der Waals surface area contributed by atoms with Crippen molar-refractivity contribution in [1.82, 2.24) is 5.32 Å². The van der Waals surface area contributed by atoms with Crippen molar-refractivity contribution in [2.45, 2.75) is 39.2 Å². The largest absolute Gasteiger partial charge is 0.396 e. The maximum atomic E-state index is 8.65. The van der Waals surface area contributed by atoms with Gasteiger partial charge in [-0.15, -0.1) is 0 Å². The zero-order chi connectivity index (χ0) is 7.82. The van der Waals surface area contributed by atoms with Gasteiger partial charge in [0.15, 0.2) is 0 Å². The molecular weight excluding hydrogens is 126 g/mol. The number of aliphatic hydroxyl groups excluding tert-OH is 1. The van der Waals surface area contributed by atoms with Crippen molar-refractivity contribution >= 4 is 0 Å². The third-order valence-electron chi connectivity index (χ3n) is 1.61. The average Bonchev–Trinajstić information content (AvgIpc) is 1.90. The lowest BCUT2D eigenvalue weighted by Gasteiger charge is -2.14. The maximum Gasteiger partial charge on any atom is 0.0445 e. The number of hydrogen-bond acceptors (Lipinski definition) is 2. The topological polar surface area (TPSA) is 32.3 Å². The molecule has 10 heavy (non-hydrogen) atoms. The van der Waals surface area contributed by atoms with Crippen LogP contribution in [-0.4, -0.2) is 24.3 Å². The van der Waals surface area contributed by atoms with Gasteiger partial charge < -0.3 is 10.4 Å². The van der Waals surface area contributed by atoms with E-state index >= 15 is 0 Å². The molecule has 0 aliphatic heterocycles. The SMILES string of the molecule is CCCC(CCO)NCC. The fraction of sp³-hybridized carbons (Fsp3) is 1.00. The van der Waals surface area contributed by atoms with Crippen LogP contribution < -0.4 is 5.32 Å². The summed E-state index contributed by atoms with van der Waals surface area (Å²) in [6.45, 7) is 5.57. The lowest BCUT2D eigenvalue weighted by Crippen LogP contribution is -2.29. The van der Waals surface area contributed by atoms with Gasteiger partial charge in [-0.25, -0.2) is 0 Å². The molecule has 2 heteroatoms. The number of aliphatic hydroxyl groups is 1.